The number of halogens is 2. The molecule has 2 fully saturated rings. The number of hydrogen-bond donors (Lipinski definition) is 1. The van der Waals surface area contributed by atoms with Gasteiger partial charge in [0, 0.05) is 31.9 Å². The highest BCUT2D eigenvalue weighted by molar-refractivity contribution is 7.89. The second-order valence-corrected chi connectivity index (χ2v) is 10.1. The molecule has 0 radical (unpaired) electrons. The number of carbonyl (C=O) groups is 1. The number of ether oxygens (including phenoxy) is 1. The second-order valence-electron chi connectivity index (χ2n) is 7.80. The van der Waals surface area contributed by atoms with Crippen molar-refractivity contribution in [3.8, 4) is 0 Å². The van der Waals surface area contributed by atoms with E-state index in [1.54, 1.807) is 6.07 Å². The number of hydrogen-bond acceptors (Lipinski definition) is 5. The van der Waals surface area contributed by atoms with Crippen LogP contribution in [0.15, 0.2) is 41.3 Å². The maximum atomic E-state index is 14.4. The van der Waals surface area contributed by atoms with E-state index < -0.39 is 21.7 Å². The van der Waals surface area contributed by atoms with E-state index in [-0.39, 0.29) is 21.2 Å². The van der Waals surface area contributed by atoms with E-state index in [1.165, 1.54) is 34.6 Å². The van der Waals surface area contributed by atoms with Crippen LogP contribution in [0.1, 0.15) is 29.6 Å². The van der Waals surface area contributed by atoms with E-state index in [0.29, 0.717) is 45.1 Å². The van der Waals surface area contributed by atoms with Crippen LogP contribution in [-0.4, -0.2) is 58.0 Å². The van der Waals surface area contributed by atoms with Gasteiger partial charge in [-0.15, -0.1) is 0 Å². The monoisotopic (exact) mass is 481 g/mol. The highest BCUT2D eigenvalue weighted by Gasteiger charge is 2.29. The SMILES string of the molecule is O=C(Nc1cccc(Cl)c1F)c1cc(S(=O)(=O)N2CCCCC2)ccc1N1CCOCC1. The number of nitrogens with one attached hydrogen (secondary N) is 1. The predicted molar refractivity (Wildman–Crippen MR) is 121 cm³/mol. The molecule has 10 heteroatoms. The largest absolute Gasteiger partial charge is 0.378 e. The number of rotatable bonds is 5. The molecule has 0 atom stereocenters. The summed E-state index contributed by atoms with van der Waals surface area (Å²) in [5.41, 5.74) is 0.662. The van der Waals surface area contributed by atoms with Gasteiger partial charge in [-0.3, -0.25) is 4.79 Å². The molecule has 0 aromatic heterocycles. The van der Waals surface area contributed by atoms with Crippen LogP contribution in [0.5, 0.6) is 0 Å². The summed E-state index contributed by atoms with van der Waals surface area (Å²) in [6, 6.07) is 8.88. The quantitative estimate of drug-likeness (QED) is 0.703. The minimum absolute atomic E-state index is 0.0492. The van der Waals surface area contributed by atoms with Crippen molar-refractivity contribution >= 4 is 38.9 Å². The third-order valence-corrected chi connectivity index (χ3v) is 7.90. The maximum Gasteiger partial charge on any atom is 0.257 e. The van der Waals surface area contributed by atoms with Gasteiger partial charge in [0.2, 0.25) is 10.0 Å². The molecule has 2 aromatic rings. The average Bonchev–Trinajstić information content (AvgIpc) is 2.82. The van der Waals surface area contributed by atoms with E-state index >= 15 is 0 Å². The first-order chi connectivity index (χ1) is 15.4. The van der Waals surface area contributed by atoms with Gasteiger partial charge in [-0.1, -0.05) is 24.1 Å². The van der Waals surface area contributed by atoms with E-state index in [2.05, 4.69) is 5.32 Å². The van der Waals surface area contributed by atoms with Crippen LogP contribution < -0.4 is 10.2 Å². The molecule has 0 bridgehead atoms. The van der Waals surface area contributed by atoms with Crippen molar-refractivity contribution in [3.63, 3.8) is 0 Å². The zero-order valence-corrected chi connectivity index (χ0v) is 19.1. The average molecular weight is 482 g/mol. The molecule has 2 aliphatic heterocycles. The van der Waals surface area contributed by atoms with Crippen LogP contribution in [0.25, 0.3) is 0 Å². The maximum absolute atomic E-state index is 14.4. The molecule has 1 amide bonds. The van der Waals surface area contributed by atoms with Gasteiger partial charge in [0.05, 0.1) is 34.4 Å². The van der Waals surface area contributed by atoms with Crippen LogP contribution in [0.2, 0.25) is 5.02 Å². The van der Waals surface area contributed by atoms with E-state index in [4.69, 9.17) is 16.3 Å². The van der Waals surface area contributed by atoms with Gasteiger partial charge in [-0.2, -0.15) is 4.31 Å². The fraction of sp³-hybridized carbons (Fsp3) is 0.409. The summed E-state index contributed by atoms with van der Waals surface area (Å²) in [5.74, 6) is -1.35. The van der Waals surface area contributed by atoms with Crippen molar-refractivity contribution < 1.29 is 22.3 Å². The Labute approximate surface area is 192 Å². The minimum atomic E-state index is -3.74. The van der Waals surface area contributed by atoms with Gasteiger partial charge < -0.3 is 15.0 Å². The number of benzene rings is 2. The highest BCUT2D eigenvalue weighted by atomic mass is 35.5. The molecular weight excluding hydrogens is 457 g/mol. The molecule has 172 valence electrons. The predicted octanol–water partition coefficient (Wildman–Crippen LogP) is 3.74. The highest BCUT2D eigenvalue weighted by Crippen LogP contribution is 2.30. The molecule has 0 aliphatic carbocycles. The smallest absolute Gasteiger partial charge is 0.257 e. The number of morpholine rings is 1. The summed E-state index contributed by atoms with van der Waals surface area (Å²) < 4.78 is 47.6. The Morgan fingerprint density at radius 3 is 2.47 bits per heavy atom. The summed E-state index contributed by atoms with van der Waals surface area (Å²) in [6.45, 7) is 3.04. The van der Waals surface area contributed by atoms with Crippen molar-refractivity contribution in [2.75, 3.05) is 49.6 Å². The lowest BCUT2D eigenvalue weighted by Gasteiger charge is -2.31. The zero-order chi connectivity index (χ0) is 22.7. The molecule has 2 saturated heterocycles. The fourth-order valence-electron chi connectivity index (χ4n) is 3.98. The number of nitrogens with zero attached hydrogens (tertiary/aromatic N) is 2. The first-order valence-electron chi connectivity index (χ1n) is 10.6. The van der Waals surface area contributed by atoms with Gasteiger partial charge in [0.15, 0.2) is 5.82 Å². The molecule has 32 heavy (non-hydrogen) atoms. The van der Waals surface area contributed by atoms with Gasteiger partial charge in [0.1, 0.15) is 0 Å². The Morgan fingerprint density at radius 2 is 1.75 bits per heavy atom. The molecular formula is C22H25ClFN3O4S. The minimum Gasteiger partial charge on any atom is -0.378 e. The van der Waals surface area contributed by atoms with Crippen molar-refractivity contribution in [2.45, 2.75) is 24.2 Å². The van der Waals surface area contributed by atoms with Crippen LogP contribution in [-0.2, 0) is 14.8 Å². The van der Waals surface area contributed by atoms with Crippen LogP contribution >= 0.6 is 11.6 Å². The Kier molecular flexibility index (Phi) is 6.99. The molecule has 2 heterocycles. The fourth-order valence-corrected chi connectivity index (χ4v) is 5.70. The van der Waals surface area contributed by atoms with Crippen molar-refractivity contribution in [2.24, 2.45) is 0 Å². The van der Waals surface area contributed by atoms with Crippen molar-refractivity contribution in [1.29, 1.82) is 0 Å². The summed E-state index contributed by atoms with van der Waals surface area (Å²) >= 11 is 5.83. The molecule has 7 nitrogen and oxygen atoms in total. The lowest BCUT2D eigenvalue weighted by atomic mass is 10.1. The first kappa shape index (κ1) is 23.0. The number of carbonyl (C=O) groups excluding carboxylic acids is 1. The van der Waals surface area contributed by atoms with E-state index in [0.717, 1.165) is 19.3 Å². The Hall–Kier alpha value is -2.20. The van der Waals surface area contributed by atoms with Gasteiger partial charge in [-0.25, -0.2) is 12.8 Å². The number of amides is 1. The molecule has 2 aromatic carbocycles. The molecule has 4 rings (SSSR count). The van der Waals surface area contributed by atoms with Gasteiger partial charge >= 0.3 is 0 Å². The lowest BCUT2D eigenvalue weighted by Crippen LogP contribution is -2.38. The number of anilines is 2. The van der Waals surface area contributed by atoms with E-state index in [1.807, 2.05) is 4.90 Å². The molecule has 0 saturated carbocycles. The summed E-state index contributed by atoms with van der Waals surface area (Å²) in [5, 5.41) is 2.43. The summed E-state index contributed by atoms with van der Waals surface area (Å²) in [4.78, 5) is 15.2. The topological polar surface area (TPSA) is 79.0 Å². The Balaban J connectivity index is 1.72. The Morgan fingerprint density at radius 1 is 1.03 bits per heavy atom. The second kappa shape index (κ2) is 9.74. The molecule has 0 unspecified atom stereocenters. The summed E-state index contributed by atoms with van der Waals surface area (Å²) in [6.07, 6.45) is 2.62. The molecule has 2 aliphatic rings. The third kappa shape index (κ3) is 4.76. The van der Waals surface area contributed by atoms with Gasteiger partial charge in [0.25, 0.3) is 5.91 Å². The number of piperidine rings is 1. The zero-order valence-electron chi connectivity index (χ0n) is 17.5. The van der Waals surface area contributed by atoms with Crippen LogP contribution in [0, 0.1) is 5.82 Å². The van der Waals surface area contributed by atoms with Crippen molar-refractivity contribution in [3.05, 3.63) is 52.8 Å². The lowest BCUT2D eigenvalue weighted by molar-refractivity contribution is 0.102. The molecule has 0 spiro atoms. The normalized spacial score (nSPS) is 17.9. The molecule has 1 N–H and O–H groups in total. The Bertz CT molecular complexity index is 1100. The number of sulfonamides is 1. The van der Waals surface area contributed by atoms with Gasteiger partial charge in [-0.05, 0) is 43.2 Å². The van der Waals surface area contributed by atoms with Crippen LogP contribution in [0.4, 0.5) is 15.8 Å². The van der Waals surface area contributed by atoms with E-state index in [9.17, 15) is 17.6 Å². The third-order valence-electron chi connectivity index (χ3n) is 5.72. The first-order valence-corrected chi connectivity index (χ1v) is 12.4. The summed E-state index contributed by atoms with van der Waals surface area (Å²) in [7, 11) is -3.74. The van der Waals surface area contributed by atoms with Crippen LogP contribution in [0.3, 0.4) is 0 Å². The standard InChI is InChI=1S/C22H25ClFN3O4S/c23-18-5-4-6-19(21(18)24)25-22(28)17-15-16(32(29,30)27-9-2-1-3-10-27)7-8-20(17)26-11-13-31-14-12-26/h4-8,15H,1-3,9-14H2,(H,25,28). The van der Waals surface area contributed by atoms with Crippen molar-refractivity contribution in [1.82, 2.24) is 4.31 Å².